The minimum absolute atomic E-state index is 0.217. The number of aromatic nitrogens is 2. The summed E-state index contributed by atoms with van der Waals surface area (Å²) in [6.07, 6.45) is 0.105. The molecule has 0 spiro atoms. The molecule has 0 saturated heterocycles. The number of ether oxygens (including phenoxy) is 1. The van der Waals surface area contributed by atoms with Crippen molar-refractivity contribution in [3.05, 3.63) is 47.8 Å². The van der Waals surface area contributed by atoms with Crippen LogP contribution in [0.4, 0.5) is 13.2 Å². The summed E-state index contributed by atoms with van der Waals surface area (Å²) in [4.78, 5) is 4.12. The van der Waals surface area contributed by atoms with Crippen molar-refractivity contribution in [3.63, 3.8) is 0 Å². The van der Waals surface area contributed by atoms with E-state index in [1.165, 1.54) is 0 Å². The molecule has 0 fully saturated rings. The molecule has 6 nitrogen and oxygen atoms in total. The first kappa shape index (κ1) is 20.6. The molecule has 0 bridgehead atoms. The van der Waals surface area contributed by atoms with Gasteiger partial charge in [0.05, 0.1) is 0 Å². The van der Waals surface area contributed by atoms with Crippen molar-refractivity contribution >= 4 is 5.96 Å². The molecule has 0 atom stereocenters. The summed E-state index contributed by atoms with van der Waals surface area (Å²) in [5.74, 6) is 0.784. The Morgan fingerprint density at radius 1 is 1.30 bits per heavy atom. The van der Waals surface area contributed by atoms with Gasteiger partial charge in [0.1, 0.15) is 5.75 Å². The van der Waals surface area contributed by atoms with Gasteiger partial charge in [-0.15, -0.1) is 0 Å². The van der Waals surface area contributed by atoms with Crippen LogP contribution in [0, 0.1) is 6.92 Å². The Kier molecular flexibility index (Phi) is 7.51. The summed E-state index contributed by atoms with van der Waals surface area (Å²) in [5, 5.41) is 10.4. The lowest BCUT2D eigenvalue weighted by atomic mass is 10.1. The van der Waals surface area contributed by atoms with Crippen LogP contribution in [0.15, 0.2) is 41.7 Å². The molecule has 0 aliphatic rings. The number of nitrogens with zero attached hydrogens (tertiary/aromatic N) is 3. The third kappa shape index (κ3) is 7.59. The average molecular weight is 383 g/mol. The van der Waals surface area contributed by atoms with Gasteiger partial charge >= 0.3 is 6.18 Å². The maximum absolute atomic E-state index is 12.4. The topological polar surface area (TPSA) is 63.5 Å². The molecule has 0 amide bonds. The first-order valence-corrected chi connectivity index (χ1v) is 8.58. The van der Waals surface area contributed by atoms with E-state index in [1.807, 2.05) is 23.0 Å². The number of rotatable bonds is 8. The second kappa shape index (κ2) is 9.84. The lowest BCUT2D eigenvalue weighted by Gasteiger charge is -2.16. The van der Waals surface area contributed by atoms with Gasteiger partial charge in [-0.2, -0.15) is 18.3 Å². The Morgan fingerprint density at radius 2 is 2.11 bits per heavy atom. The molecule has 1 aromatic carbocycles. The van der Waals surface area contributed by atoms with Gasteiger partial charge in [-0.1, -0.05) is 12.1 Å². The van der Waals surface area contributed by atoms with E-state index in [9.17, 15) is 13.2 Å². The molecular weight excluding hydrogens is 359 g/mol. The number of aliphatic imine (C=N–C) groups is 1. The van der Waals surface area contributed by atoms with Gasteiger partial charge in [0.2, 0.25) is 0 Å². The molecule has 0 radical (unpaired) electrons. The molecule has 1 heterocycles. The second-order valence-corrected chi connectivity index (χ2v) is 5.99. The Hall–Kier alpha value is -2.71. The maximum Gasteiger partial charge on any atom is 0.422 e. The van der Waals surface area contributed by atoms with Crippen molar-refractivity contribution in [3.8, 4) is 5.75 Å². The van der Waals surface area contributed by atoms with Crippen LogP contribution in [0.2, 0.25) is 0 Å². The van der Waals surface area contributed by atoms with Gasteiger partial charge < -0.3 is 15.4 Å². The summed E-state index contributed by atoms with van der Waals surface area (Å²) >= 11 is 0. The molecule has 0 unspecified atom stereocenters. The summed E-state index contributed by atoms with van der Waals surface area (Å²) in [6, 6.07) is 7.05. The molecule has 148 valence electrons. The van der Waals surface area contributed by atoms with Crippen molar-refractivity contribution < 1.29 is 17.9 Å². The first-order valence-electron chi connectivity index (χ1n) is 8.58. The zero-order valence-electron chi connectivity index (χ0n) is 15.4. The second-order valence-electron chi connectivity index (χ2n) is 5.99. The van der Waals surface area contributed by atoms with E-state index in [4.69, 9.17) is 4.74 Å². The van der Waals surface area contributed by atoms with E-state index in [0.29, 0.717) is 24.6 Å². The zero-order chi connectivity index (χ0) is 19.7. The van der Waals surface area contributed by atoms with Crippen LogP contribution in [-0.2, 0) is 13.1 Å². The molecule has 0 saturated carbocycles. The molecular formula is C18H24F3N5O. The van der Waals surface area contributed by atoms with Gasteiger partial charge in [0.25, 0.3) is 0 Å². The highest BCUT2D eigenvalue weighted by molar-refractivity contribution is 5.79. The van der Waals surface area contributed by atoms with Gasteiger partial charge in [0.15, 0.2) is 12.6 Å². The Bertz CT molecular complexity index is 729. The molecule has 1 aromatic heterocycles. The number of aryl methyl sites for hydroxylation is 2. The van der Waals surface area contributed by atoms with Crippen molar-refractivity contribution in [1.29, 1.82) is 0 Å². The van der Waals surface area contributed by atoms with Crippen molar-refractivity contribution in [2.75, 3.05) is 20.2 Å². The molecule has 2 aromatic rings. The summed E-state index contributed by atoms with van der Waals surface area (Å²) < 4.78 is 44.1. The summed E-state index contributed by atoms with van der Waals surface area (Å²) in [5.41, 5.74) is 1.46. The fraction of sp³-hybridized carbons (Fsp3) is 0.444. The largest absolute Gasteiger partial charge is 0.484 e. The number of alkyl halides is 3. The number of hydrogen-bond acceptors (Lipinski definition) is 3. The fourth-order valence-corrected chi connectivity index (χ4v) is 2.38. The molecule has 0 aliphatic heterocycles. The first-order chi connectivity index (χ1) is 12.9. The van der Waals surface area contributed by atoms with Crippen LogP contribution in [0.5, 0.6) is 5.75 Å². The maximum atomic E-state index is 12.4. The number of nitrogens with one attached hydrogen (secondary N) is 2. The highest BCUT2D eigenvalue weighted by Gasteiger charge is 2.28. The smallest absolute Gasteiger partial charge is 0.422 e. The number of halogens is 3. The number of guanidine groups is 1. The van der Waals surface area contributed by atoms with Crippen LogP contribution in [0.25, 0.3) is 0 Å². The minimum Gasteiger partial charge on any atom is -0.484 e. The Balaban J connectivity index is 1.84. The molecule has 9 heteroatoms. The Labute approximate surface area is 156 Å². The van der Waals surface area contributed by atoms with Crippen LogP contribution in [0.1, 0.15) is 17.5 Å². The van der Waals surface area contributed by atoms with Gasteiger partial charge in [-0.05, 0) is 31.0 Å². The van der Waals surface area contributed by atoms with Crippen LogP contribution in [0.3, 0.4) is 0 Å². The predicted molar refractivity (Wildman–Crippen MR) is 97.8 cm³/mol. The quantitative estimate of drug-likeness (QED) is 0.418. The normalized spacial score (nSPS) is 12.1. The van der Waals surface area contributed by atoms with Crippen LogP contribution in [-0.4, -0.2) is 42.1 Å². The fourth-order valence-electron chi connectivity index (χ4n) is 2.38. The lowest BCUT2D eigenvalue weighted by Crippen LogP contribution is -2.37. The molecule has 0 aliphatic carbocycles. The van der Waals surface area contributed by atoms with Crippen molar-refractivity contribution in [2.45, 2.75) is 32.6 Å². The third-order valence-electron chi connectivity index (χ3n) is 3.70. The predicted octanol–water partition coefficient (Wildman–Crippen LogP) is 2.89. The van der Waals surface area contributed by atoms with Gasteiger partial charge in [-0.3, -0.25) is 9.67 Å². The monoisotopic (exact) mass is 383 g/mol. The van der Waals surface area contributed by atoms with E-state index in [1.54, 1.807) is 32.3 Å². The SMILES string of the molecule is CN=C(NCCCn1cccn1)NCc1ccc(C)cc1OCC(F)(F)F. The Morgan fingerprint density at radius 3 is 2.78 bits per heavy atom. The third-order valence-corrected chi connectivity index (χ3v) is 3.70. The number of hydrogen-bond donors (Lipinski definition) is 2. The van der Waals surface area contributed by atoms with E-state index in [-0.39, 0.29) is 5.75 Å². The standard InChI is InChI=1S/C18H24F3N5O/c1-14-5-6-15(16(11-14)27-13-18(19,20)21)12-24-17(22-2)23-7-3-9-26-10-4-8-25-26/h4-6,8,10-11H,3,7,9,12-13H2,1-2H3,(H2,22,23,24). The average Bonchev–Trinajstić information content (AvgIpc) is 3.13. The van der Waals surface area contributed by atoms with Crippen molar-refractivity contribution in [1.82, 2.24) is 20.4 Å². The van der Waals surface area contributed by atoms with Crippen LogP contribution < -0.4 is 15.4 Å². The molecule has 2 rings (SSSR count). The van der Waals surface area contributed by atoms with E-state index < -0.39 is 12.8 Å². The van der Waals surface area contributed by atoms with E-state index in [0.717, 1.165) is 18.5 Å². The van der Waals surface area contributed by atoms with Gasteiger partial charge in [-0.25, -0.2) is 0 Å². The lowest BCUT2D eigenvalue weighted by molar-refractivity contribution is -0.153. The zero-order valence-corrected chi connectivity index (χ0v) is 15.4. The highest BCUT2D eigenvalue weighted by atomic mass is 19.4. The van der Waals surface area contributed by atoms with Gasteiger partial charge in [0, 0.05) is 44.6 Å². The van der Waals surface area contributed by atoms with E-state index in [2.05, 4.69) is 20.7 Å². The summed E-state index contributed by atoms with van der Waals surface area (Å²) in [7, 11) is 1.64. The highest BCUT2D eigenvalue weighted by Crippen LogP contribution is 2.23. The molecule has 27 heavy (non-hydrogen) atoms. The number of benzene rings is 1. The van der Waals surface area contributed by atoms with E-state index >= 15 is 0 Å². The summed E-state index contributed by atoms with van der Waals surface area (Å²) in [6.45, 7) is 2.25. The molecule has 2 N–H and O–H groups in total. The minimum atomic E-state index is -4.37. The van der Waals surface area contributed by atoms with Crippen molar-refractivity contribution in [2.24, 2.45) is 4.99 Å². The van der Waals surface area contributed by atoms with Crippen LogP contribution >= 0.6 is 0 Å².